The summed E-state index contributed by atoms with van der Waals surface area (Å²) in [5, 5.41) is 29.3. The summed E-state index contributed by atoms with van der Waals surface area (Å²) in [6.45, 7) is 1.62. The molecule has 0 radical (unpaired) electrons. The van der Waals surface area contributed by atoms with Gasteiger partial charge in [0, 0.05) is 61.6 Å². The van der Waals surface area contributed by atoms with Crippen molar-refractivity contribution in [1.29, 1.82) is 0 Å². The maximum absolute atomic E-state index is 11.0. The van der Waals surface area contributed by atoms with Crippen molar-refractivity contribution in [3.05, 3.63) is 108 Å². The third kappa shape index (κ3) is 8.41. The Morgan fingerprint density at radius 3 is 1.37 bits per heavy atom. The summed E-state index contributed by atoms with van der Waals surface area (Å²) in [6, 6.07) is 32.6. The highest BCUT2D eigenvalue weighted by Gasteiger charge is 2.25. The van der Waals surface area contributed by atoms with Crippen molar-refractivity contribution in [1.82, 2.24) is 10.6 Å². The number of rotatable bonds is 10. The average Bonchev–Trinajstić information content (AvgIpc) is 3.02. The first-order valence-electron chi connectivity index (χ1n) is 14.3. The number of phenols is 2. The Bertz CT molecular complexity index is 1230. The lowest BCUT2D eigenvalue weighted by Crippen LogP contribution is -2.49. The predicted octanol–water partition coefficient (Wildman–Crippen LogP) is 6.86. The summed E-state index contributed by atoms with van der Waals surface area (Å²) in [5.41, 5.74) is 5.59. The van der Waals surface area contributed by atoms with Gasteiger partial charge in [0.1, 0.15) is 18.3 Å². The zero-order chi connectivity index (χ0) is 28.9. The maximum atomic E-state index is 11.0. The van der Waals surface area contributed by atoms with Crippen LogP contribution in [-0.2, 0) is 22.6 Å². The molecule has 0 aliphatic heterocycles. The predicted molar refractivity (Wildman–Crippen MR) is 166 cm³/mol. The molecular formula is C35H42N2O4. The van der Waals surface area contributed by atoms with E-state index >= 15 is 0 Å². The second-order valence-corrected chi connectivity index (χ2v) is 10.3. The highest BCUT2D eigenvalue weighted by molar-refractivity contribution is 5.72. The Balaban J connectivity index is 0.000000714. The number of phenolic OH excluding ortho intramolecular Hbond substituents is 2. The molecule has 5 rings (SSSR count). The summed E-state index contributed by atoms with van der Waals surface area (Å²) < 4.78 is 8.94. The van der Waals surface area contributed by atoms with E-state index in [9.17, 15) is 10.2 Å². The first-order chi connectivity index (χ1) is 20.1. The molecule has 1 unspecified atom stereocenters. The van der Waals surface area contributed by atoms with E-state index in [1.807, 2.05) is 97.1 Å². The van der Waals surface area contributed by atoms with E-state index in [1.54, 1.807) is 14.2 Å². The Kier molecular flexibility index (Phi) is 11.8. The number of hydrogen-bond donors (Lipinski definition) is 4. The first kappa shape index (κ1) is 30.3. The molecule has 0 saturated heterocycles. The maximum Gasteiger partial charge on any atom is 0.145 e. The minimum absolute atomic E-state index is 0.304. The van der Waals surface area contributed by atoms with Crippen molar-refractivity contribution in [3.8, 4) is 33.8 Å². The van der Waals surface area contributed by atoms with Gasteiger partial charge in [-0.3, -0.25) is 0 Å². The molecule has 0 bridgehead atoms. The van der Waals surface area contributed by atoms with E-state index in [-0.39, 0.29) is 0 Å². The lowest BCUT2D eigenvalue weighted by molar-refractivity contribution is -0.00272. The normalized spacial score (nSPS) is 16.5. The Morgan fingerprint density at radius 2 is 1.00 bits per heavy atom. The Labute approximate surface area is 244 Å². The van der Waals surface area contributed by atoms with Gasteiger partial charge in [0.2, 0.25) is 0 Å². The third-order valence-corrected chi connectivity index (χ3v) is 7.52. The van der Waals surface area contributed by atoms with E-state index < -0.39 is 0 Å². The van der Waals surface area contributed by atoms with E-state index in [4.69, 9.17) is 0 Å². The number of hydrogen-bond acceptors (Lipinski definition) is 6. The summed E-state index contributed by atoms with van der Waals surface area (Å²) in [5.74, 6) is 0.693. The van der Waals surface area contributed by atoms with Crippen LogP contribution in [0.25, 0.3) is 22.3 Å². The van der Waals surface area contributed by atoms with Gasteiger partial charge in [-0.05, 0) is 24.0 Å². The van der Waals surface area contributed by atoms with Gasteiger partial charge in [-0.25, -0.2) is 0 Å². The minimum atomic E-state index is 0.304. The van der Waals surface area contributed by atoms with Crippen molar-refractivity contribution in [2.24, 2.45) is 0 Å². The van der Waals surface area contributed by atoms with E-state index in [2.05, 4.69) is 20.1 Å². The van der Waals surface area contributed by atoms with Gasteiger partial charge in [-0.2, -0.15) is 0 Å². The molecule has 0 heterocycles. The van der Waals surface area contributed by atoms with Crippen molar-refractivity contribution in [2.45, 2.75) is 50.9 Å². The van der Waals surface area contributed by atoms with Crippen LogP contribution in [0, 0.1) is 0 Å². The van der Waals surface area contributed by atoms with Gasteiger partial charge in [-0.1, -0.05) is 110 Å². The number of para-hydroxylation sites is 2. The molecule has 1 fully saturated rings. The van der Waals surface area contributed by atoms with Crippen LogP contribution < -0.4 is 10.6 Å². The summed E-state index contributed by atoms with van der Waals surface area (Å²) in [7, 11) is 3.17. The molecule has 1 aliphatic carbocycles. The highest BCUT2D eigenvalue weighted by atomic mass is 16.6. The van der Waals surface area contributed by atoms with Gasteiger partial charge < -0.3 is 30.3 Å². The summed E-state index contributed by atoms with van der Waals surface area (Å²) in [4.78, 5) is 0. The highest BCUT2D eigenvalue weighted by Crippen LogP contribution is 2.33. The fraction of sp³-hybridized carbons (Fsp3) is 0.314. The number of methoxy groups -OCH3 is 2. The second kappa shape index (κ2) is 15.9. The Hall–Kier alpha value is -3.68. The van der Waals surface area contributed by atoms with Crippen LogP contribution in [0.3, 0.4) is 0 Å². The molecule has 6 nitrogen and oxygen atoms in total. The summed E-state index contributed by atoms with van der Waals surface area (Å²) >= 11 is 0. The van der Waals surface area contributed by atoms with Crippen molar-refractivity contribution < 1.29 is 19.7 Å². The molecule has 0 aromatic heterocycles. The third-order valence-electron chi connectivity index (χ3n) is 7.52. The lowest BCUT2D eigenvalue weighted by atomic mass is 9.89. The van der Waals surface area contributed by atoms with Gasteiger partial charge in [0.25, 0.3) is 0 Å². The van der Waals surface area contributed by atoms with Crippen LogP contribution in [0.4, 0.5) is 0 Å². The molecule has 216 valence electrons. The lowest BCUT2D eigenvalue weighted by Gasteiger charge is -2.33. The number of nitrogens with one attached hydrogen (secondary N) is 2. The van der Waals surface area contributed by atoms with Crippen LogP contribution >= 0.6 is 0 Å². The Morgan fingerprint density at radius 1 is 0.585 bits per heavy atom. The molecule has 4 aromatic rings. The molecule has 0 spiro atoms. The van der Waals surface area contributed by atoms with Crippen molar-refractivity contribution in [3.63, 3.8) is 0 Å². The SMILES string of the molecule is COCOC.Oc1c(CNC2CCCC[C@H]2NCc2cccc(-c3ccccc3)c2O)cccc1-c1ccccc1. The average molecular weight is 555 g/mol. The van der Waals surface area contributed by atoms with E-state index in [0.717, 1.165) is 46.2 Å². The van der Waals surface area contributed by atoms with E-state index in [0.29, 0.717) is 43.5 Å². The number of benzene rings is 4. The zero-order valence-corrected chi connectivity index (χ0v) is 24.1. The second-order valence-electron chi connectivity index (χ2n) is 10.3. The quantitative estimate of drug-likeness (QED) is 0.160. The first-order valence-corrected chi connectivity index (χ1v) is 14.3. The van der Waals surface area contributed by atoms with Crippen LogP contribution in [0.2, 0.25) is 0 Å². The van der Waals surface area contributed by atoms with Gasteiger partial charge >= 0.3 is 0 Å². The fourth-order valence-corrected chi connectivity index (χ4v) is 5.39. The molecule has 4 N–H and O–H groups in total. The van der Waals surface area contributed by atoms with Crippen molar-refractivity contribution >= 4 is 0 Å². The molecule has 6 heteroatoms. The van der Waals surface area contributed by atoms with Crippen LogP contribution in [0.1, 0.15) is 36.8 Å². The number of ether oxygens (including phenoxy) is 2. The topological polar surface area (TPSA) is 83.0 Å². The zero-order valence-electron chi connectivity index (χ0n) is 24.1. The molecule has 0 amide bonds. The van der Waals surface area contributed by atoms with Crippen LogP contribution in [0.5, 0.6) is 11.5 Å². The molecular weight excluding hydrogens is 512 g/mol. The van der Waals surface area contributed by atoms with Crippen LogP contribution in [0.15, 0.2) is 97.1 Å². The molecule has 4 aromatic carbocycles. The largest absolute Gasteiger partial charge is 0.507 e. The fourth-order valence-electron chi connectivity index (χ4n) is 5.39. The van der Waals surface area contributed by atoms with E-state index in [1.165, 1.54) is 12.8 Å². The standard InChI is InChI=1S/C32H34N2O2.C3H8O2/c35-31-25(15-9-17-27(31)23-11-3-1-4-12-23)21-33-29-19-7-8-20-30(29)34-22-26-16-10-18-28(32(26)36)24-13-5-2-6-14-24;1-4-3-5-2/h1-6,9-18,29-30,33-36H,7-8,19-22H2;3H2,1-2H3/t29-,30?;/m1./s1. The van der Waals surface area contributed by atoms with Gasteiger partial charge in [-0.15, -0.1) is 0 Å². The molecule has 1 saturated carbocycles. The molecule has 41 heavy (non-hydrogen) atoms. The summed E-state index contributed by atoms with van der Waals surface area (Å²) in [6.07, 6.45) is 4.57. The van der Waals surface area contributed by atoms with Gasteiger partial charge in [0.05, 0.1) is 0 Å². The molecule has 1 aliphatic rings. The number of aromatic hydroxyl groups is 2. The molecule has 2 atom stereocenters. The van der Waals surface area contributed by atoms with Crippen LogP contribution in [-0.4, -0.2) is 43.3 Å². The minimum Gasteiger partial charge on any atom is -0.507 e. The van der Waals surface area contributed by atoms with Crippen molar-refractivity contribution in [2.75, 3.05) is 21.0 Å². The monoisotopic (exact) mass is 554 g/mol. The van der Waals surface area contributed by atoms with Gasteiger partial charge in [0.15, 0.2) is 0 Å². The smallest absolute Gasteiger partial charge is 0.145 e.